The van der Waals surface area contributed by atoms with Crippen molar-refractivity contribution in [3.8, 4) is 0 Å². The number of piperidine rings is 1. The Morgan fingerprint density at radius 1 is 1.14 bits per heavy atom. The highest BCUT2D eigenvalue weighted by molar-refractivity contribution is 5.69. The third kappa shape index (κ3) is 4.92. The number of hydrogen-bond acceptors (Lipinski definition) is 7. The van der Waals surface area contributed by atoms with Gasteiger partial charge in [-0.2, -0.15) is 0 Å². The third-order valence-electron chi connectivity index (χ3n) is 6.17. The fourth-order valence-electron chi connectivity index (χ4n) is 4.04. The van der Waals surface area contributed by atoms with Gasteiger partial charge in [-0.15, -0.1) is 0 Å². The van der Waals surface area contributed by atoms with Gasteiger partial charge in [-0.05, 0) is 45.9 Å². The van der Waals surface area contributed by atoms with Crippen molar-refractivity contribution >= 4 is 17.1 Å². The number of likely N-dealkylation sites (N-methyl/N-ethyl adjacent to an activating group) is 1. The Bertz CT molecular complexity index is 668. The summed E-state index contributed by atoms with van der Waals surface area (Å²) in [7, 11) is 2.18. The van der Waals surface area contributed by atoms with Crippen molar-refractivity contribution < 1.29 is 10.0 Å². The van der Waals surface area contributed by atoms with Crippen LogP contribution in [0.4, 0.5) is 17.1 Å². The molecule has 8 heteroatoms. The summed E-state index contributed by atoms with van der Waals surface area (Å²) in [4.78, 5) is 18.3. The third-order valence-corrected chi connectivity index (χ3v) is 6.17. The Morgan fingerprint density at radius 2 is 1.79 bits per heavy atom. The Labute approximate surface area is 167 Å². The van der Waals surface area contributed by atoms with E-state index in [1.54, 1.807) is 13.0 Å². The Morgan fingerprint density at radius 3 is 2.36 bits per heavy atom. The second-order valence-electron chi connectivity index (χ2n) is 8.19. The van der Waals surface area contributed by atoms with Gasteiger partial charge in [-0.1, -0.05) is 0 Å². The molecule has 2 unspecified atom stereocenters. The summed E-state index contributed by atoms with van der Waals surface area (Å²) >= 11 is 0. The lowest BCUT2D eigenvalue weighted by Gasteiger charge is -2.42. The van der Waals surface area contributed by atoms with Crippen LogP contribution in [0.5, 0.6) is 0 Å². The van der Waals surface area contributed by atoms with Gasteiger partial charge in [0.1, 0.15) is 5.69 Å². The molecule has 2 saturated heterocycles. The zero-order chi connectivity index (χ0) is 20.3. The second-order valence-corrected chi connectivity index (χ2v) is 8.19. The zero-order valence-electron chi connectivity index (χ0n) is 17.2. The minimum atomic E-state index is -0.595. The number of piperazine rings is 1. The second kappa shape index (κ2) is 9.07. The monoisotopic (exact) mass is 391 g/mol. The Balaban J connectivity index is 1.66. The lowest BCUT2D eigenvalue weighted by atomic mass is 10.0. The van der Waals surface area contributed by atoms with Crippen molar-refractivity contribution in [1.29, 1.82) is 0 Å². The van der Waals surface area contributed by atoms with Crippen molar-refractivity contribution in [2.45, 2.75) is 44.9 Å². The average molecular weight is 392 g/mol. The van der Waals surface area contributed by atoms with E-state index >= 15 is 0 Å². The first-order valence-electron chi connectivity index (χ1n) is 10.3. The highest BCUT2D eigenvalue weighted by Gasteiger charge is 2.27. The molecule has 0 radical (unpaired) electrons. The largest absolute Gasteiger partial charge is 0.391 e. The number of aliphatic hydroxyl groups is 1. The predicted octanol–water partition coefficient (Wildman–Crippen LogP) is 1.99. The number of anilines is 2. The highest BCUT2D eigenvalue weighted by atomic mass is 16.6. The van der Waals surface area contributed by atoms with Crippen LogP contribution in [-0.2, 0) is 0 Å². The van der Waals surface area contributed by atoms with Gasteiger partial charge in [0.25, 0.3) is 5.69 Å². The van der Waals surface area contributed by atoms with Crippen molar-refractivity contribution in [3.63, 3.8) is 0 Å². The van der Waals surface area contributed by atoms with Crippen LogP contribution < -0.4 is 10.2 Å². The molecule has 2 aliphatic heterocycles. The normalized spacial score (nSPS) is 22.1. The van der Waals surface area contributed by atoms with Crippen LogP contribution in [0, 0.1) is 10.1 Å². The van der Waals surface area contributed by atoms with E-state index in [0.717, 1.165) is 57.8 Å². The van der Waals surface area contributed by atoms with E-state index in [1.807, 2.05) is 19.1 Å². The zero-order valence-corrected chi connectivity index (χ0v) is 17.2. The minimum absolute atomic E-state index is 0.0450. The lowest BCUT2D eigenvalue weighted by Crippen LogP contribution is -2.52. The topological polar surface area (TPSA) is 85.1 Å². The molecule has 2 N–H and O–H groups in total. The molecule has 28 heavy (non-hydrogen) atoms. The van der Waals surface area contributed by atoms with Gasteiger partial charge in [0.05, 0.1) is 11.0 Å². The van der Waals surface area contributed by atoms with Crippen LogP contribution in [0.25, 0.3) is 0 Å². The van der Waals surface area contributed by atoms with Crippen LogP contribution in [0.2, 0.25) is 0 Å². The molecule has 2 heterocycles. The van der Waals surface area contributed by atoms with Crippen LogP contribution >= 0.6 is 0 Å². The maximum atomic E-state index is 11.4. The highest BCUT2D eigenvalue weighted by Crippen LogP contribution is 2.32. The van der Waals surface area contributed by atoms with E-state index < -0.39 is 6.10 Å². The molecule has 1 aromatic rings. The molecule has 8 nitrogen and oxygen atoms in total. The van der Waals surface area contributed by atoms with E-state index in [0.29, 0.717) is 11.7 Å². The molecule has 1 aromatic carbocycles. The predicted molar refractivity (Wildman–Crippen MR) is 112 cm³/mol. The Hall–Kier alpha value is -1.90. The standard InChI is InChI=1S/C20H33N5O3/c1-15(16(2)26)21-19-14-18(4-5-20(19)25(27)28)23-8-6-17(7-9-23)24-12-10-22(3)11-13-24/h4-5,14-17,21,26H,6-13H2,1-3H3. The fraction of sp³-hybridized carbons (Fsp3) is 0.700. The first kappa shape index (κ1) is 20.8. The number of nitrogens with zero attached hydrogens (tertiary/aromatic N) is 4. The van der Waals surface area contributed by atoms with Crippen molar-refractivity contribution in [1.82, 2.24) is 9.80 Å². The maximum absolute atomic E-state index is 11.4. The molecule has 3 rings (SSSR count). The maximum Gasteiger partial charge on any atom is 0.292 e. The van der Waals surface area contributed by atoms with Gasteiger partial charge in [-0.25, -0.2) is 0 Å². The van der Waals surface area contributed by atoms with Gasteiger partial charge in [0.2, 0.25) is 0 Å². The van der Waals surface area contributed by atoms with Crippen LogP contribution in [0.1, 0.15) is 26.7 Å². The van der Waals surface area contributed by atoms with Crippen LogP contribution in [0.15, 0.2) is 18.2 Å². The molecule has 2 aliphatic rings. The molecule has 0 aliphatic carbocycles. The van der Waals surface area contributed by atoms with E-state index in [4.69, 9.17) is 0 Å². The molecule has 156 valence electrons. The van der Waals surface area contributed by atoms with Gasteiger partial charge in [0, 0.05) is 63.1 Å². The number of rotatable bonds is 6. The van der Waals surface area contributed by atoms with Crippen LogP contribution in [-0.4, -0.2) is 84.3 Å². The summed E-state index contributed by atoms with van der Waals surface area (Å²) in [6.07, 6.45) is 1.64. The minimum Gasteiger partial charge on any atom is -0.391 e. The summed E-state index contributed by atoms with van der Waals surface area (Å²) in [6.45, 7) is 9.98. The molecular weight excluding hydrogens is 358 g/mol. The number of nitro groups is 1. The van der Waals surface area contributed by atoms with E-state index in [-0.39, 0.29) is 16.7 Å². The summed E-state index contributed by atoms with van der Waals surface area (Å²) in [5.41, 5.74) is 1.52. The van der Waals surface area contributed by atoms with Gasteiger partial charge in [-0.3, -0.25) is 15.0 Å². The summed E-state index contributed by atoms with van der Waals surface area (Å²) in [5, 5.41) is 24.2. The number of nitrogens with one attached hydrogen (secondary N) is 1. The molecular formula is C20H33N5O3. The van der Waals surface area contributed by atoms with Gasteiger partial charge in [0.15, 0.2) is 0 Å². The number of aliphatic hydroxyl groups excluding tert-OH is 1. The molecule has 0 bridgehead atoms. The summed E-state index contributed by atoms with van der Waals surface area (Å²) in [6, 6.07) is 5.63. The SMILES string of the molecule is CC(O)C(C)Nc1cc(N2CCC(N3CCN(C)CC3)CC2)ccc1[N+](=O)[O-]. The van der Waals surface area contributed by atoms with Crippen molar-refractivity contribution in [2.75, 3.05) is 56.5 Å². The van der Waals surface area contributed by atoms with E-state index in [2.05, 4.69) is 27.1 Å². The van der Waals surface area contributed by atoms with Gasteiger partial charge >= 0.3 is 0 Å². The summed E-state index contributed by atoms with van der Waals surface area (Å²) in [5.74, 6) is 0. The summed E-state index contributed by atoms with van der Waals surface area (Å²) < 4.78 is 0. The fourth-order valence-corrected chi connectivity index (χ4v) is 4.04. The number of hydrogen-bond donors (Lipinski definition) is 2. The molecule has 2 fully saturated rings. The molecule has 0 saturated carbocycles. The quantitative estimate of drug-likeness (QED) is 0.567. The number of benzene rings is 1. The lowest BCUT2D eigenvalue weighted by molar-refractivity contribution is -0.384. The molecule has 2 atom stereocenters. The molecule has 0 amide bonds. The Kier molecular flexibility index (Phi) is 6.74. The first-order chi connectivity index (χ1) is 13.3. The smallest absolute Gasteiger partial charge is 0.292 e. The number of nitro benzene ring substituents is 1. The van der Waals surface area contributed by atoms with E-state index in [9.17, 15) is 15.2 Å². The first-order valence-corrected chi connectivity index (χ1v) is 10.3. The van der Waals surface area contributed by atoms with Crippen molar-refractivity contribution in [3.05, 3.63) is 28.3 Å². The van der Waals surface area contributed by atoms with E-state index in [1.165, 1.54) is 0 Å². The average Bonchev–Trinajstić information content (AvgIpc) is 2.68. The molecule has 0 aromatic heterocycles. The van der Waals surface area contributed by atoms with Crippen LogP contribution in [0.3, 0.4) is 0 Å². The molecule has 0 spiro atoms. The van der Waals surface area contributed by atoms with Crippen molar-refractivity contribution in [2.24, 2.45) is 0 Å². The van der Waals surface area contributed by atoms with Gasteiger partial charge < -0.3 is 20.2 Å².